The number of nitrogens with zero attached hydrogens (tertiary/aromatic N) is 2. The lowest BCUT2D eigenvalue weighted by Crippen LogP contribution is -2.12. The molecular weight excluding hydrogens is 225 g/mol. The molecule has 2 N–H and O–H groups in total. The lowest BCUT2D eigenvalue weighted by Gasteiger charge is -2.03. The van der Waals surface area contributed by atoms with Crippen molar-refractivity contribution in [3.63, 3.8) is 0 Å². The van der Waals surface area contributed by atoms with Gasteiger partial charge >= 0.3 is 5.97 Å². The second-order valence-electron chi connectivity index (χ2n) is 3.14. The summed E-state index contributed by atoms with van der Waals surface area (Å²) >= 11 is 0. The Hall–Kier alpha value is -2.50. The van der Waals surface area contributed by atoms with E-state index in [1.807, 2.05) is 0 Å². The average Bonchev–Trinajstić information content (AvgIpc) is 2.32. The van der Waals surface area contributed by atoms with Gasteiger partial charge in [-0.1, -0.05) is 0 Å². The van der Waals surface area contributed by atoms with Crippen LogP contribution in [0.4, 0.5) is 10.3 Å². The molecule has 0 amide bonds. The van der Waals surface area contributed by atoms with Crippen LogP contribution in [0, 0.1) is 5.82 Å². The van der Waals surface area contributed by atoms with E-state index in [-0.39, 0.29) is 17.4 Å². The van der Waals surface area contributed by atoms with Crippen molar-refractivity contribution in [2.24, 2.45) is 0 Å². The molecule has 86 valence electrons. The van der Waals surface area contributed by atoms with E-state index in [4.69, 9.17) is 10.5 Å². The lowest BCUT2D eigenvalue weighted by atomic mass is 10.3. The van der Waals surface area contributed by atoms with Crippen molar-refractivity contribution in [3.8, 4) is 5.75 Å². The second-order valence-corrected chi connectivity index (χ2v) is 3.14. The Morgan fingerprint density at radius 2 is 1.94 bits per heavy atom. The van der Waals surface area contributed by atoms with Crippen LogP contribution < -0.4 is 10.5 Å². The normalized spacial score (nSPS) is 9.94. The summed E-state index contributed by atoms with van der Waals surface area (Å²) in [6.45, 7) is 0. The van der Waals surface area contributed by atoms with Gasteiger partial charge in [-0.2, -0.15) is 0 Å². The van der Waals surface area contributed by atoms with Gasteiger partial charge in [0.1, 0.15) is 11.6 Å². The van der Waals surface area contributed by atoms with Crippen LogP contribution in [0.3, 0.4) is 0 Å². The Bertz CT molecular complexity index is 543. The maximum atomic E-state index is 12.6. The first-order chi connectivity index (χ1) is 8.15. The molecule has 0 spiro atoms. The highest BCUT2D eigenvalue weighted by atomic mass is 19.1. The summed E-state index contributed by atoms with van der Waals surface area (Å²) in [7, 11) is 0. The third kappa shape index (κ3) is 2.75. The third-order valence-electron chi connectivity index (χ3n) is 1.91. The van der Waals surface area contributed by atoms with Gasteiger partial charge in [-0.05, 0) is 30.3 Å². The predicted molar refractivity (Wildman–Crippen MR) is 57.8 cm³/mol. The highest BCUT2D eigenvalue weighted by Crippen LogP contribution is 2.12. The van der Waals surface area contributed by atoms with Gasteiger partial charge in [0.15, 0.2) is 5.69 Å². The standard InChI is InChI=1S/C11H8FN3O2/c12-7-1-3-8(4-2-7)17-10(16)9-5-6-14-11(13)15-9/h1-6H,(H2,13,14,15). The fourth-order valence-electron chi connectivity index (χ4n) is 1.15. The minimum atomic E-state index is -0.675. The first kappa shape index (κ1) is 11.0. The number of carbonyl (C=O) groups excluding carboxylic acids is 1. The Kier molecular flexibility index (Phi) is 2.95. The van der Waals surface area contributed by atoms with Gasteiger partial charge in [0.25, 0.3) is 0 Å². The van der Waals surface area contributed by atoms with Crippen molar-refractivity contribution >= 4 is 11.9 Å². The van der Waals surface area contributed by atoms with Crippen LogP contribution in [-0.4, -0.2) is 15.9 Å². The van der Waals surface area contributed by atoms with Crippen molar-refractivity contribution in [2.75, 3.05) is 5.73 Å². The van der Waals surface area contributed by atoms with Gasteiger partial charge in [0, 0.05) is 6.20 Å². The van der Waals surface area contributed by atoms with Crippen LogP contribution in [0.5, 0.6) is 5.75 Å². The molecule has 1 aromatic heterocycles. The average molecular weight is 233 g/mol. The minimum absolute atomic E-state index is 0.0152. The summed E-state index contributed by atoms with van der Waals surface area (Å²) in [6.07, 6.45) is 1.35. The summed E-state index contributed by atoms with van der Waals surface area (Å²) < 4.78 is 17.6. The molecule has 17 heavy (non-hydrogen) atoms. The number of aromatic nitrogens is 2. The number of esters is 1. The molecule has 0 saturated heterocycles. The van der Waals surface area contributed by atoms with Crippen molar-refractivity contribution in [2.45, 2.75) is 0 Å². The number of rotatable bonds is 2. The van der Waals surface area contributed by atoms with Gasteiger partial charge in [-0.25, -0.2) is 19.2 Å². The first-order valence-electron chi connectivity index (χ1n) is 4.71. The molecule has 0 saturated carbocycles. The third-order valence-corrected chi connectivity index (χ3v) is 1.91. The molecular formula is C11H8FN3O2. The Morgan fingerprint density at radius 3 is 2.59 bits per heavy atom. The summed E-state index contributed by atoms with van der Waals surface area (Å²) in [4.78, 5) is 18.9. The number of nitrogen functional groups attached to an aromatic ring is 1. The van der Waals surface area contributed by atoms with E-state index in [1.165, 1.54) is 36.5 Å². The van der Waals surface area contributed by atoms with Crippen LogP contribution >= 0.6 is 0 Å². The summed E-state index contributed by atoms with van der Waals surface area (Å²) in [6, 6.07) is 6.45. The zero-order valence-electron chi connectivity index (χ0n) is 8.63. The van der Waals surface area contributed by atoms with Crippen LogP contribution in [0.25, 0.3) is 0 Å². The van der Waals surface area contributed by atoms with Crippen molar-refractivity contribution in [1.29, 1.82) is 0 Å². The molecule has 0 atom stereocenters. The van der Waals surface area contributed by atoms with Gasteiger partial charge in [-0.15, -0.1) is 0 Å². The van der Waals surface area contributed by atoms with Crippen LogP contribution in [-0.2, 0) is 0 Å². The molecule has 0 radical (unpaired) electrons. The molecule has 0 bridgehead atoms. The van der Waals surface area contributed by atoms with E-state index in [0.717, 1.165) is 0 Å². The van der Waals surface area contributed by atoms with Crippen LogP contribution in [0.1, 0.15) is 10.5 Å². The maximum Gasteiger partial charge on any atom is 0.362 e. The molecule has 2 aromatic rings. The number of anilines is 1. The Balaban J connectivity index is 2.14. The Morgan fingerprint density at radius 1 is 1.24 bits per heavy atom. The van der Waals surface area contributed by atoms with E-state index >= 15 is 0 Å². The largest absolute Gasteiger partial charge is 0.422 e. The molecule has 6 heteroatoms. The van der Waals surface area contributed by atoms with E-state index in [9.17, 15) is 9.18 Å². The van der Waals surface area contributed by atoms with Crippen LogP contribution in [0.2, 0.25) is 0 Å². The van der Waals surface area contributed by atoms with Gasteiger partial charge in [-0.3, -0.25) is 0 Å². The quantitative estimate of drug-likeness (QED) is 0.626. The van der Waals surface area contributed by atoms with Crippen molar-refractivity contribution in [1.82, 2.24) is 9.97 Å². The van der Waals surface area contributed by atoms with Crippen LogP contribution in [0.15, 0.2) is 36.5 Å². The topological polar surface area (TPSA) is 78.1 Å². The summed E-state index contributed by atoms with van der Waals surface area (Å²) in [5.74, 6) is -0.867. The number of hydrogen-bond acceptors (Lipinski definition) is 5. The van der Waals surface area contributed by atoms with E-state index in [0.29, 0.717) is 0 Å². The number of hydrogen-bond donors (Lipinski definition) is 1. The Labute approximate surface area is 96.1 Å². The summed E-state index contributed by atoms with van der Waals surface area (Å²) in [5, 5.41) is 0. The molecule has 0 aliphatic heterocycles. The molecule has 2 rings (SSSR count). The van der Waals surface area contributed by atoms with E-state index in [1.54, 1.807) is 0 Å². The number of halogens is 1. The molecule has 1 aromatic carbocycles. The van der Waals surface area contributed by atoms with Crippen molar-refractivity contribution < 1.29 is 13.9 Å². The minimum Gasteiger partial charge on any atom is -0.422 e. The second kappa shape index (κ2) is 4.56. The monoisotopic (exact) mass is 233 g/mol. The van der Waals surface area contributed by atoms with Crippen molar-refractivity contribution in [3.05, 3.63) is 48.0 Å². The molecule has 5 nitrogen and oxygen atoms in total. The number of ether oxygens (including phenoxy) is 1. The molecule has 0 aliphatic carbocycles. The SMILES string of the molecule is Nc1nccc(C(=O)Oc2ccc(F)cc2)n1. The highest BCUT2D eigenvalue weighted by molar-refractivity contribution is 5.89. The fraction of sp³-hybridized carbons (Fsp3) is 0. The smallest absolute Gasteiger partial charge is 0.362 e. The van der Waals surface area contributed by atoms with Gasteiger partial charge in [0.2, 0.25) is 5.95 Å². The van der Waals surface area contributed by atoms with Gasteiger partial charge < -0.3 is 10.5 Å². The zero-order valence-corrected chi connectivity index (χ0v) is 8.63. The molecule has 1 heterocycles. The van der Waals surface area contributed by atoms with E-state index in [2.05, 4.69) is 9.97 Å². The maximum absolute atomic E-state index is 12.6. The lowest BCUT2D eigenvalue weighted by molar-refractivity contribution is 0.0728. The first-order valence-corrected chi connectivity index (χ1v) is 4.71. The van der Waals surface area contributed by atoms with E-state index < -0.39 is 11.8 Å². The molecule has 0 aliphatic rings. The number of carbonyl (C=O) groups is 1. The highest BCUT2D eigenvalue weighted by Gasteiger charge is 2.10. The molecule has 0 fully saturated rings. The predicted octanol–water partition coefficient (Wildman–Crippen LogP) is 1.42. The number of benzene rings is 1. The zero-order chi connectivity index (χ0) is 12.3. The fourth-order valence-corrected chi connectivity index (χ4v) is 1.15. The number of nitrogens with two attached hydrogens (primary N) is 1. The molecule has 0 unspecified atom stereocenters. The summed E-state index contributed by atoms with van der Waals surface area (Å²) in [5.41, 5.74) is 5.37. The van der Waals surface area contributed by atoms with Gasteiger partial charge in [0.05, 0.1) is 0 Å².